The molecule has 0 aromatic carbocycles. The van der Waals surface area contributed by atoms with Crippen LogP contribution in [0.2, 0.25) is 0 Å². The molecule has 0 fully saturated rings. The van der Waals surface area contributed by atoms with Crippen LogP contribution in [0.4, 0.5) is 5.95 Å². The lowest BCUT2D eigenvalue weighted by Crippen LogP contribution is -2.04. The topological polar surface area (TPSA) is 37.8 Å². The molecule has 2 heterocycles. The maximum absolute atomic E-state index is 4.47. The van der Waals surface area contributed by atoms with Crippen LogP contribution < -0.4 is 5.32 Å². The van der Waals surface area contributed by atoms with E-state index in [9.17, 15) is 0 Å². The molecule has 2 aromatic heterocycles. The Hall–Kier alpha value is -0.940. The second-order valence-corrected chi connectivity index (χ2v) is 4.92. The van der Waals surface area contributed by atoms with E-state index in [2.05, 4.69) is 48.9 Å². The average Bonchev–Trinajstić information content (AvgIpc) is 2.73. The van der Waals surface area contributed by atoms with Gasteiger partial charge in [0.05, 0.1) is 5.69 Å². The average molecular weight is 298 g/mol. The highest BCUT2D eigenvalue weighted by Gasteiger charge is 2.06. The molecule has 0 spiro atoms. The molecule has 1 N–H and O–H groups in total. The smallest absolute Gasteiger partial charge is 0.223 e. The van der Waals surface area contributed by atoms with Gasteiger partial charge in [0.2, 0.25) is 5.95 Å². The van der Waals surface area contributed by atoms with Crippen LogP contribution in [0.1, 0.15) is 13.3 Å². The van der Waals surface area contributed by atoms with E-state index in [0.29, 0.717) is 5.95 Å². The minimum absolute atomic E-state index is 0.692. The minimum atomic E-state index is 0.692. The van der Waals surface area contributed by atoms with Gasteiger partial charge in [-0.15, -0.1) is 0 Å². The predicted molar refractivity (Wildman–Crippen MR) is 71.8 cm³/mol. The Kier molecular flexibility index (Phi) is 3.90. The first-order valence-corrected chi connectivity index (χ1v) is 6.84. The summed E-state index contributed by atoms with van der Waals surface area (Å²) in [5.74, 6) is 0.692. The van der Waals surface area contributed by atoms with Gasteiger partial charge in [0.25, 0.3) is 0 Å². The summed E-state index contributed by atoms with van der Waals surface area (Å²) in [4.78, 5) is 8.65. The fourth-order valence-corrected chi connectivity index (χ4v) is 2.79. The molecule has 0 amide bonds. The van der Waals surface area contributed by atoms with Crippen LogP contribution in [-0.4, -0.2) is 16.5 Å². The van der Waals surface area contributed by atoms with Gasteiger partial charge in [-0.2, -0.15) is 11.3 Å². The molecule has 0 atom stereocenters. The number of hydrogen-bond donors (Lipinski definition) is 1. The monoisotopic (exact) mass is 297 g/mol. The van der Waals surface area contributed by atoms with E-state index >= 15 is 0 Å². The fourth-order valence-electron chi connectivity index (χ4n) is 1.29. The Morgan fingerprint density at radius 1 is 1.44 bits per heavy atom. The Balaban J connectivity index is 2.26. The molecule has 3 nitrogen and oxygen atoms in total. The number of hydrogen-bond acceptors (Lipinski definition) is 4. The summed E-state index contributed by atoms with van der Waals surface area (Å²) in [5, 5.41) is 7.31. The van der Waals surface area contributed by atoms with Gasteiger partial charge in [-0.25, -0.2) is 9.97 Å². The molecule has 0 radical (unpaired) electrons. The van der Waals surface area contributed by atoms with E-state index in [4.69, 9.17) is 0 Å². The van der Waals surface area contributed by atoms with Gasteiger partial charge < -0.3 is 5.32 Å². The van der Waals surface area contributed by atoms with Gasteiger partial charge in [-0.05, 0) is 28.4 Å². The van der Waals surface area contributed by atoms with E-state index in [1.807, 2.05) is 6.07 Å². The zero-order chi connectivity index (χ0) is 11.4. The van der Waals surface area contributed by atoms with Crippen molar-refractivity contribution in [2.45, 2.75) is 13.3 Å². The summed E-state index contributed by atoms with van der Waals surface area (Å²) >= 11 is 5.17. The standard InChI is InChI=1S/C11H12BrN3S/c1-2-4-13-11-14-5-3-10(15-11)8-6-16-7-9(8)12/h3,5-7H,2,4H2,1H3,(H,13,14,15). The first-order chi connectivity index (χ1) is 7.81. The summed E-state index contributed by atoms with van der Waals surface area (Å²) in [5.41, 5.74) is 2.06. The van der Waals surface area contributed by atoms with Crippen molar-refractivity contribution in [2.24, 2.45) is 0 Å². The third-order valence-electron chi connectivity index (χ3n) is 2.08. The third-order valence-corrected chi connectivity index (χ3v) is 3.78. The number of halogens is 1. The van der Waals surface area contributed by atoms with Crippen molar-refractivity contribution in [3.05, 3.63) is 27.5 Å². The molecule has 16 heavy (non-hydrogen) atoms. The molecule has 0 saturated carbocycles. The fraction of sp³-hybridized carbons (Fsp3) is 0.273. The molecule has 0 saturated heterocycles. The highest BCUT2D eigenvalue weighted by molar-refractivity contribution is 9.10. The zero-order valence-corrected chi connectivity index (χ0v) is 11.3. The Morgan fingerprint density at radius 3 is 3.00 bits per heavy atom. The second-order valence-electron chi connectivity index (χ2n) is 3.33. The van der Waals surface area contributed by atoms with Crippen LogP contribution in [-0.2, 0) is 0 Å². The van der Waals surface area contributed by atoms with E-state index in [0.717, 1.165) is 28.7 Å². The molecule has 5 heteroatoms. The minimum Gasteiger partial charge on any atom is -0.354 e. The second kappa shape index (κ2) is 5.41. The maximum Gasteiger partial charge on any atom is 0.223 e. The number of nitrogens with zero attached hydrogens (tertiary/aromatic N) is 2. The third kappa shape index (κ3) is 2.59. The quantitative estimate of drug-likeness (QED) is 0.933. The van der Waals surface area contributed by atoms with Crippen LogP contribution in [0, 0.1) is 0 Å². The molecule has 0 aliphatic heterocycles. The van der Waals surface area contributed by atoms with E-state index in [1.165, 1.54) is 0 Å². The summed E-state index contributed by atoms with van der Waals surface area (Å²) in [7, 11) is 0. The van der Waals surface area contributed by atoms with Crippen LogP contribution in [0.25, 0.3) is 11.3 Å². The number of aromatic nitrogens is 2. The lowest BCUT2D eigenvalue weighted by atomic mass is 10.2. The number of thiophene rings is 1. The van der Waals surface area contributed by atoms with Gasteiger partial charge in [0.1, 0.15) is 0 Å². The van der Waals surface area contributed by atoms with Gasteiger partial charge in [0.15, 0.2) is 0 Å². The van der Waals surface area contributed by atoms with Crippen LogP contribution in [0.3, 0.4) is 0 Å². The summed E-state index contributed by atoms with van der Waals surface area (Å²) in [6.07, 6.45) is 2.85. The molecule has 0 aliphatic rings. The van der Waals surface area contributed by atoms with Crippen molar-refractivity contribution in [1.82, 2.24) is 9.97 Å². The van der Waals surface area contributed by atoms with Gasteiger partial charge in [0, 0.05) is 33.5 Å². The van der Waals surface area contributed by atoms with Gasteiger partial charge in [-0.1, -0.05) is 6.92 Å². The molecule has 0 aliphatic carbocycles. The molecule has 84 valence electrons. The molecule has 2 aromatic rings. The maximum atomic E-state index is 4.47. The largest absolute Gasteiger partial charge is 0.354 e. The lowest BCUT2D eigenvalue weighted by molar-refractivity contribution is 0.953. The molecule has 2 rings (SSSR count). The first-order valence-electron chi connectivity index (χ1n) is 5.10. The van der Waals surface area contributed by atoms with Crippen LogP contribution >= 0.6 is 27.3 Å². The van der Waals surface area contributed by atoms with Gasteiger partial charge in [-0.3, -0.25) is 0 Å². The molecular formula is C11H12BrN3S. The van der Waals surface area contributed by atoms with Gasteiger partial charge >= 0.3 is 0 Å². The SMILES string of the molecule is CCCNc1nccc(-c2cscc2Br)n1. The summed E-state index contributed by atoms with van der Waals surface area (Å²) in [6.45, 7) is 3.01. The van der Waals surface area contributed by atoms with Crippen molar-refractivity contribution < 1.29 is 0 Å². The summed E-state index contributed by atoms with van der Waals surface area (Å²) in [6, 6.07) is 1.92. The van der Waals surface area contributed by atoms with Crippen molar-refractivity contribution in [2.75, 3.05) is 11.9 Å². The van der Waals surface area contributed by atoms with E-state index in [1.54, 1.807) is 17.5 Å². The lowest BCUT2D eigenvalue weighted by Gasteiger charge is -2.04. The predicted octanol–water partition coefficient (Wildman–Crippen LogP) is 3.79. The first kappa shape index (κ1) is 11.5. The normalized spacial score (nSPS) is 10.4. The van der Waals surface area contributed by atoms with Crippen LogP contribution in [0.15, 0.2) is 27.5 Å². The van der Waals surface area contributed by atoms with E-state index < -0.39 is 0 Å². The Morgan fingerprint density at radius 2 is 2.31 bits per heavy atom. The number of nitrogens with one attached hydrogen (secondary N) is 1. The number of rotatable bonds is 4. The van der Waals surface area contributed by atoms with Crippen molar-refractivity contribution in [3.8, 4) is 11.3 Å². The highest BCUT2D eigenvalue weighted by Crippen LogP contribution is 2.30. The Labute approximate surface area is 107 Å². The zero-order valence-electron chi connectivity index (χ0n) is 8.90. The molecule has 0 bridgehead atoms. The Bertz CT molecular complexity index is 470. The van der Waals surface area contributed by atoms with Crippen molar-refractivity contribution in [3.63, 3.8) is 0 Å². The number of anilines is 1. The van der Waals surface area contributed by atoms with Crippen molar-refractivity contribution in [1.29, 1.82) is 0 Å². The summed E-state index contributed by atoms with van der Waals surface area (Å²) < 4.78 is 1.08. The molecular weight excluding hydrogens is 286 g/mol. The molecule has 0 unspecified atom stereocenters. The van der Waals surface area contributed by atoms with Crippen LogP contribution in [0.5, 0.6) is 0 Å². The highest BCUT2D eigenvalue weighted by atomic mass is 79.9. The van der Waals surface area contributed by atoms with E-state index in [-0.39, 0.29) is 0 Å². The van der Waals surface area contributed by atoms with Crippen molar-refractivity contribution >= 4 is 33.2 Å².